The molecule has 248 valence electrons. The van der Waals surface area contributed by atoms with E-state index in [2.05, 4.69) is 4.98 Å². The van der Waals surface area contributed by atoms with Crippen LogP contribution in [0.3, 0.4) is 0 Å². The Hall–Kier alpha value is -3.96. The number of halogens is 4. The molecule has 0 spiro atoms. The van der Waals surface area contributed by atoms with Crippen LogP contribution < -0.4 is 5.56 Å². The van der Waals surface area contributed by atoms with Crippen molar-refractivity contribution in [1.29, 1.82) is 0 Å². The van der Waals surface area contributed by atoms with Crippen molar-refractivity contribution in [3.63, 3.8) is 0 Å². The molecule has 6 nitrogen and oxygen atoms in total. The fourth-order valence-electron chi connectivity index (χ4n) is 5.03. The molecule has 0 fully saturated rings. The molecule has 0 saturated heterocycles. The molecule has 1 aliphatic rings. The van der Waals surface area contributed by atoms with Gasteiger partial charge in [-0.2, -0.15) is 18.2 Å². The van der Waals surface area contributed by atoms with Gasteiger partial charge >= 0.3 is 6.18 Å². The van der Waals surface area contributed by atoms with Gasteiger partial charge in [-0.1, -0.05) is 74.1 Å². The van der Waals surface area contributed by atoms with E-state index in [9.17, 15) is 27.2 Å². The minimum Gasteiger partial charge on any atom is -0.336 e. The van der Waals surface area contributed by atoms with Gasteiger partial charge in [-0.25, -0.2) is 4.39 Å². The Morgan fingerprint density at radius 1 is 0.915 bits per heavy atom. The third-order valence-electron chi connectivity index (χ3n) is 7.48. The summed E-state index contributed by atoms with van der Waals surface area (Å²) in [6.07, 6.45) is -3.53. The van der Waals surface area contributed by atoms with Crippen LogP contribution in [0.25, 0.3) is 11.1 Å². The average molecular weight is 677 g/mol. The van der Waals surface area contributed by atoms with Crippen LogP contribution in [0.15, 0.2) is 82.7 Å². The van der Waals surface area contributed by atoms with E-state index >= 15 is 0 Å². The summed E-state index contributed by atoms with van der Waals surface area (Å²) in [5.41, 5.74) is -2.19. The van der Waals surface area contributed by atoms with E-state index in [4.69, 9.17) is 13.7 Å². The van der Waals surface area contributed by atoms with Crippen molar-refractivity contribution in [3.05, 3.63) is 117 Å². The standard InChI is InChI=1S/C36H38F4N4O2S/c1-3-42(4-2)20-21-43(22-25-8-12-27(13-9-25)28-14-16-29(17-15-28)36(38,39)40)33(45)23-44-32-7-5-6-31(32)34(46)41-35(44)47-24-26-10-18-30(37)19-11-26/h8-19H,3-7,20-24H2,1-2H3/i3D2,4D2,20D2,21D2,24D2. The van der Waals surface area contributed by atoms with Crippen LogP contribution in [0.5, 0.6) is 0 Å². The fraction of sp³-hybridized carbons (Fsp3) is 0.361. The van der Waals surface area contributed by atoms with Crippen LogP contribution >= 0.6 is 11.8 Å². The van der Waals surface area contributed by atoms with E-state index < -0.39 is 73.8 Å². The summed E-state index contributed by atoms with van der Waals surface area (Å²) in [6.45, 7) is -12.5. The van der Waals surface area contributed by atoms with Gasteiger partial charge < -0.3 is 14.4 Å². The Morgan fingerprint density at radius 3 is 2.15 bits per heavy atom. The van der Waals surface area contributed by atoms with Crippen LogP contribution in [0, 0.1) is 5.82 Å². The molecule has 0 radical (unpaired) electrons. The third-order valence-corrected chi connectivity index (χ3v) is 8.32. The van der Waals surface area contributed by atoms with E-state index in [-0.39, 0.29) is 39.6 Å². The number of rotatable bonds is 13. The maximum atomic E-state index is 14.6. The van der Waals surface area contributed by atoms with Gasteiger partial charge in [0.05, 0.1) is 8.30 Å². The number of carbonyl (C=O) groups is 1. The quantitative estimate of drug-likeness (QED) is 0.0851. The zero-order valence-corrected chi connectivity index (χ0v) is 26.3. The number of nitrogens with zero attached hydrogens (tertiary/aromatic N) is 4. The minimum atomic E-state index is -4.55. The number of benzene rings is 3. The van der Waals surface area contributed by atoms with Crippen molar-refractivity contribution in [3.8, 4) is 11.1 Å². The van der Waals surface area contributed by atoms with Gasteiger partial charge in [0.2, 0.25) is 5.91 Å². The summed E-state index contributed by atoms with van der Waals surface area (Å²) < 4.78 is 141. The normalized spacial score (nSPS) is 17.5. The molecule has 4 aromatic rings. The molecule has 0 bridgehead atoms. The van der Waals surface area contributed by atoms with Gasteiger partial charge in [-0.3, -0.25) is 9.59 Å². The molecule has 0 N–H and O–H groups in total. The molecule has 1 aliphatic carbocycles. The Balaban J connectivity index is 1.59. The van der Waals surface area contributed by atoms with Crippen molar-refractivity contribution in [1.82, 2.24) is 19.4 Å². The zero-order chi connectivity index (χ0) is 42.5. The second-order valence-electron chi connectivity index (χ2n) is 10.5. The highest BCUT2D eigenvalue weighted by Gasteiger charge is 2.30. The number of alkyl halides is 3. The van der Waals surface area contributed by atoms with E-state index in [1.807, 2.05) is 0 Å². The fourth-order valence-corrected chi connectivity index (χ4v) is 5.79. The molecular formula is C36H38F4N4O2S. The molecule has 0 atom stereocenters. The SMILES string of the molecule is [2H]C([2H])(Sc1nc(=O)c2c(n1CC(=O)N(Cc1ccc(-c3ccc(C(F)(F)F)cc3)cc1)C([2H])([2H])C([2H])([2H])N(C([2H])([2H])C)C([2H])([2H])C)CCC2)c1ccc(F)cc1. The van der Waals surface area contributed by atoms with Gasteiger partial charge in [-0.15, -0.1) is 0 Å². The highest BCUT2D eigenvalue weighted by molar-refractivity contribution is 7.98. The Bertz CT molecular complexity index is 2150. The number of hydrogen-bond acceptors (Lipinski definition) is 5. The molecular weight excluding hydrogens is 628 g/mol. The van der Waals surface area contributed by atoms with Gasteiger partial charge in [-0.05, 0) is 78.8 Å². The molecule has 0 unspecified atom stereocenters. The first-order valence-electron chi connectivity index (χ1n) is 19.6. The number of carbonyl (C=O) groups excluding carboxylic acids is 1. The van der Waals surface area contributed by atoms with Crippen LogP contribution in [-0.4, -0.2) is 51.2 Å². The van der Waals surface area contributed by atoms with Crippen LogP contribution in [0.4, 0.5) is 17.6 Å². The van der Waals surface area contributed by atoms with E-state index in [0.29, 0.717) is 39.9 Å². The molecule has 47 heavy (non-hydrogen) atoms. The summed E-state index contributed by atoms with van der Waals surface area (Å²) in [5, 5.41) is -0.274. The smallest absolute Gasteiger partial charge is 0.336 e. The monoisotopic (exact) mass is 676 g/mol. The van der Waals surface area contributed by atoms with Crippen molar-refractivity contribution >= 4 is 17.7 Å². The molecule has 1 aromatic heterocycles. The van der Waals surface area contributed by atoms with Crippen molar-refractivity contribution in [2.24, 2.45) is 0 Å². The first-order chi connectivity index (χ1) is 26.1. The number of amides is 1. The molecule has 0 aliphatic heterocycles. The number of aromatic nitrogens is 2. The maximum absolute atomic E-state index is 14.6. The number of fused-ring (bicyclic) bond motifs is 1. The van der Waals surface area contributed by atoms with Gasteiger partial charge in [0.1, 0.15) is 12.4 Å². The first kappa shape index (κ1) is 23.4. The summed E-state index contributed by atoms with van der Waals surface area (Å²) in [4.78, 5) is 32.3. The topological polar surface area (TPSA) is 58.4 Å². The lowest BCUT2D eigenvalue weighted by Crippen LogP contribution is -2.40. The van der Waals surface area contributed by atoms with Crippen LogP contribution in [0.2, 0.25) is 0 Å². The van der Waals surface area contributed by atoms with Gasteiger partial charge in [0.15, 0.2) is 5.16 Å². The molecule has 1 heterocycles. The summed E-state index contributed by atoms with van der Waals surface area (Å²) in [7, 11) is 0. The van der Waals surface area contributed by atoms with Gasteiger partial charge in [0.25, 0.3) is 5.56 Å². The molecule has 5 rings (SSSR count). The maximum Gasteiger partial charge on any atom is 0.416 e. The number of thioether (sulfide) groups is 1. The lowest BCUT2D eigenvalue weighted by Gasteiger charge is -2.28. The lowest BCUT2D eigenvalue weighted by atomic mass is 10.0. The van der Waals surface area contributed by atoms with E-state index in [1.165, 1.54) is 53.1 Å². The van der Waals surface area contributed by atoms with E-state index in [1.54, 1.807) is 0 Å². The summed E-state index contributed by atoms with van der Waals surface area (Å²) in [5.74, 6) is -1.75. The van der Waals surface area contributed by atoms with Crippen molar-refractivity contribution < 1.29 is 36.1 Å². The Morgan fingerprint density at radius 2 is 1.53 bits per heavy atom. The zero-order valence-electron chi connectivity index (χ0n) is 35.5. The van der Waals surface area contributed by atoms with Crippen molar-refractivity contribution in [2.45, 2.75) is 63.2 Å². The van der Waals surface area contributed by atoms with Crippen LogP contribution in [-0.2, 0) is 42.6 Å². The molecule has 11 heteroatoms. The Kier molecular flexibility index (Phi) is 7.61. The second kappa shape index (κ2) is 15.3. The highest BCUT2D eigenvalue weighted by atomic mass is 32.2. The van der Waals surface area contributed by atoms with Crippen molar-refractivity contribution in [2.75, 3.05) is 26.0 Å². The van der Waals surface area contributed by atoms with Crippen LogP contribution in [0.1, 0.15) is 61.9 Å². The number of likely N-dealkylation sites (N-methyl/N-ethyl adjacent to an activating group) is 1. The largest absolute Gasteiger partial charge is 0.416 e. The Labute approximate surface area is 290 Å². The predicted molar refractivity (Wildman–Crippen MR) is 177 cm³/mol. The van der Waals surface area contributed by atoms with Gasteiger partial charge in [0, 0.05) is 47.5 Å². The summed E-state index contributed by atoms with van der Waals surface area (Å²) in [6, 6.07) is 14.7. The predicted octanol–water partition coefficient (Wildman–Crippen LogP) is 7.22. The first-order valence-corrected chi connectivity index (χ1v) is 15.4. The molecule has 1 amide bonds. The molecule has 0 saturated carbocycles. The minimum absolute atomic E-state index is 0.00943. The second-order valence-corrected chi connectivity index (χ2v) is 11.3. The third kappa shape index (κ3) is 8.70. The van der Waals surface area contributed by atoms with E-state index in [0.717, 1.165) is 38.1 Å². The summed E-state index contributed by atoms with van der Waals surface area (Å²) >= 11 is 0.450. The molecule has 3 aromatic carbocycles. The lowest BCUT2D eigenvalue weighted by molar-refractivity contribution is -0.137. The highest BCUT2D eigenvalue weighted by Crippen LogP contribution is 2.31. The number of hydrogen-bond donors (Lipinski definition) is 0. The average Bonchev–Trinajstić information content (AvgIpc) is 3.58.